The summed E-state index contributed by atoms with van der Waals surface area (Å²) in [5.74, 6) is -0.467. The van der Waals surface area contributed by atoms with Crippen molar-refractivity contribution in [3.63, 3.8) is 0 Å². The molecule has 1 atom stereocenters. The summed E-state index contributed by atoms with van der Waals surface area (Å²) in [4.78, 5) is 11.9. The molecule has 2 rings (SSSR count). The van der Waals surface area contributed by atoms with Crippen LogP contribution < -0.4 is 5.32 Å². The summed E-state index contributed by atoms with van der Waals surface area (Å²) in [6.45, 7) is 0.266. The molecule has 1 unspecified atom stereocenters. The summed E-state index contributed by atoms with van der Waals surface area (Å²) in [5, 5.41) is 19.7. The molecule has 0 saturated heterocycles. The molecular weight excluding hydrogens is 340 g/mol. The van der Waals surface area contributed by atoms with Crippen LogP contribution in [0.25, 0.3) is 0 Å². The Balaban J connectivity index is 2.23. The second-order valence-corrected chi connectivity index (χ2v) is 5.16. The van der Waals surface area contributed by atoms with Gasteiger partial charge in [-0.15, -0.1) is 5.10 Å². The Kier molecular flexibility index (Phi) is 5.29. The number of ether oxygens (including phenoxy) is 1. The van der Waals surface area contributed by atoms with Crippen LogP contribution in [0.15, 0.2) is 34.9 Å². The number of carbonyl (C=O) groups is 1. The molecule has 2 aromatic rings. The van der Waals surface area contributed by atoms with Gasteiger partial charge in [-0.3, -0.25) is 0 Å². The molecule has 0 spiro atoms. The molecule has 0 saturated carbocycles. The number of esters is 1. The number of methoxy groups -OCH3 is 1. The number of benzene rings is 1. The molecule has 0 amide bonds. The Hall–Kier alpha value is -1.93. The third kappa shape index (κ3) is 4.02. The number of aliphatic hydroxyl groups is 1. The number of aliphatic hydroxyl groups excluding tert-OH is 1. The van der Waals surface area contributed by atoms with E-state index in [2.05, 4.69) is 31.6 Å². The predicted molar refractivity (Wildman–Crippen MR) is 79.6 cm³/mol. The van der Waals surface area contributed by atoms with Crippen molar-refractivity contribution in [2.24, 2.45) is 0 Å². The van der Waals surface area contributed by atoms with Crippen LogP contribution in [-0.2, 0) is 16.1 Å². The van der Waals surface area contributed by atoms with Crippen LogP contribution in [0.3, 0.4) is 0 Å². The number of hydrogen-bond donors (Lipinski definition) is 2. The van der Waals surface area contributed by atoms with E-state index >= 15 is 0 Å². The highest BCUT2D eigenvalue weighted by Crippen LogP contribution is 2.22. The van der Waals surface area contributed by atoms with Gasteiger partial charge in [-0.2, -0.15) is 0 Å². The summed E-state index contributed by atoms with van der Waals surface area (Å²) < 4.78 is 7.15. The maximum atomic E-state index is 11.9. The van der Waals surface area contributed by atoms with Crippen molar-refractivity contribution in [1.82, 2.24) is 15.0 Å². The zero-order valence-corrected chi connectivity index (χ0v) is 12.9. The molecule has 1 heterocycles. The molecule has 21 heavy (non-hydrogen) atoms. The van der Waals surface area contributed by atoms with E-state index in [9.17, 15) is 4.79 Å². The summed E-state index contributed by atoms with van der Waals surface area (Å²) in [5.41, 5.74) is 1.17. The minimum Gasteiger partial charge on any atom is -0.467 e. The van der Waals surface area contributed by atoms with Crippen molar-refractivity contribution >= 4 is 27.6 Å². The Labute approximate surface area is 130 Å². The molecule has 112 valence electrons. The molecule has 8 heteroatoms. The van der Waals surface area contributed by atoms with Gasteiger partial charge in [0.05, 0.1) is 26.5 Å². The first kappa shape index (κ1) is 15.5. The van der Waals surface area contributed by atoms with E-state index in [1.54, 1.807) is 6.20 Å². The van der Waals surface area contributed by atoms with Crippen LogP contribution in [0, 0.1) is 0 Å². The minimum absolute atomic E-state index is 0.0508. The van der Waals surface area contributed by atoms with E-state index < -0.39 is 12.0 Å². The van der Waals surface area contributed by atoms with Crippen molar-refractivity contribution in [3.8, 4) is 0 Å². The number of anilines is 1. The topological polar surface area (TPSA) is 89.3 Å². The second-order valence-electron chi connectivity index (χ2n) is 4.24. The van der Waals surface area contributed by atoms with Gasteiger partial charge >= 0.3 is 5.97 Å². The number of carbonyl (C=O) groups excluding carboxylic acids is 1. The maximum Gasteiger partial charge on any atom is 0.334 e. The first-order valence-corrected chi connectivity index (χ1v) is 7.04. The average Bonchev–Trinajstić information content (AvgIpc) is 2.93. The Bertz CT molecular complexity index is 617. The largest absolute Gasteiger partial charge is 0.467 e. The molecule has 2 N–H and O–H groups in total. The quantitative estimate of drug-likeness (QED) is 0.761. The molecule has 0 bridgehead atoms. The number of rotatable bonds is 6. The highest BCUT2D eigenvalue weighted by molar-refractivity contribution is 9.10. The molecule has 7 nitrogen and oxygen atoms in total. The van der Waals surface area contributed by atoms with E-state index in [0.29, 0.717) is 12.2 Å². The number of aromatic nitrogens is 3. The molecule has 0 aliphatic rings. The molecule has 1 aromatic heterocycles. The van der Waals surface area contributed by atoms with Crippen LogP contribution in [0.1, 0.15) is 11.7 Å². The first-order chi connectivity index (χ1) is 10.1. The minimum atomic E-state index is -0.767. The molecule has 0 aliphatic heterocycles. The van der Waals surface area contributed by atoms with E-state index in [1.165, 1.54) is 11.8 Å². The molecule has 1 aromatic carbocycles. The third-order valence-electron chi connectivity index (χ3n) is 2.75. The molecule has 0 aliphatic carbocycles. The van der Waals surface area contributed by atoms with Crippen LogP contribution in [0.5, 0.6) is 0 Å². The SMILES string of the molecule is COC(=O)C(Nc1cccc(Br)c1)c1cn(CCO)nn1. The van der Waals surface area contributed by atoms with Gasteiger partial charge < -0.3 is 15.2 Å². The van der Waals surface area contributed by atoms with Gasteiger partial charge in [-0.05, 0) is 18.2 Å². The van der Waals surface area contributed by atoms with Crippen molar-refractivity contribution in [3.05, 3.63) is 40.6 Å². The first-order valence-electron chi connectivity index (χ1n) is 6.25. The fourth-order valence-electron chi connectivity index (χ4n) is 1.77. The van der Waals surface area contributed by atoms with Crippen LogP contribution >= 0.6 is 15.9 Å². The van der Waals surface area contributed by atoms with Crippen molar-refractivity contribution < 1.29 is 14.6 Å². The van der Waals surface area contributed by atoms with Crippen LogP contribution in [0.4, 0.5) is 5.69 Å². The summed E-state index contributed by atoms with van der Waals surface area (Å²) >= 11 is 3.37. The van der Waals surface area contributed by atoms with Gasteiger partial charge in [0.25, 0.3) is 0 Å². The second kappa shape index (κ2) is 7.19. The van der Waals surface area contributed by atoms with Gasteiger partial charge in [0, 0.05) is 10.2 Å². The van der Waals surface area contributed by atoms with E-state index in [1.807, 2.05) is 24.3 Å². The van der Waals surface area contributed by atoms with Crippen LogP contribution in [-0.4, -0.2) is 39.8 Å². The van der Waals surface area contributed by atoms with Crippen LogP contribution in [0.2, 0.25) is 0 Å². The fourth-order valence-corrected chi connectivity index (χ4v) is 2.17. The van der Waals surface area contributed by atoms with Crippen molar-refractivity contribution in [2.45, 2.75) is 12.6 Å². The monoisotopic (exact) mass is 354 g/mol. The van der Waals surface area contributed by atoms with Gasteiger partial charge in [0.2, 0.25) is 0 Å². The Morgan fingerprint density at radius 3 is 3.05 bits per heavy atom. The lowest BCUT2D eigenvalue weighted by atomic mass is 10.2. The lowest BCUT2D eigenvalue weighted by molar-refractivity contribution is -0.141. The number of nitrogens with one attached hydrogen (secondary N) is 1. The average molecular weight is 355 g/mol. The normalized spacial score (nSPS) is 12.0. The number of hydrogen-bond acceptors (Lipinski definition) is 6. The zero-order valence-electron chi connectivity index (χ0n) is 11.4. The highest BCUT2D eigenvalue weighted by atomic mass is 79.9. The fraction of sp³-hybridized carbons (Fsp3) is 0.308. The van der Waals surface area contributed by atoms with Gasteiger partial charge in [0.1, 0.15) is 5.69 Å². The maximum absolute atomic E-state index is 11.9. The predicted octanol–water partition coefficient (Wildman–Crippen LogP) is 1.36. The number of nitrogens with zero attached hydrogens (tertiary/aromatic N) is 3. The van der Waals surface area contributed by atoms with Gasteiger partial charge in [0.15, 0.2) is 6.04 Å². The zero-order chi connectivity index (χ0) is 15.2. The van der Waals surface area contributed by atoms with Crippen molar-refractivity contribution in [1.29, 1.82) is 0 Å². The lowest BCUT2D eigenvalue weighted by Gasteiger charge is -2.15. The standard InChI is InChI=1S/C13H15BrN4O3/c1-21-13(20)12(11-8-18(5-6-19)17-16-11)15-10-4-2-3-9(14)7-10/h2-4,7-8,12,15,19H,5-6H2,1H3. The Morgan fingerprint density at radius 1 is 1.57 bits per heavy atom. The smallest absolute Gasteiger partial charge is 0.334 e. The summed E-state index contributed by atoms with van der Waals surface area (Å²) in [6, 6.07) is 6.64. The van der Waals surface area contributed by atoms with E-state index in [0.717, 1.165) is 10.2 Å². The van der Waals surface area contributed by atoms with E-state index in [-0.39, 0.29) is 6.61 Å². The molecule has 0 radical (unpaired) electrons. The lowest BCUT2D eigenvalue weighted by Crippen LogP contribution is -2.22. The third-order valence-corrected chi connectivity index (χ3v) is 3.25. The number of halogens is 1. The molecular formula is C13H15BrN4O3. The van der Waals surface area contributed by atoms with Crippen molar-refractivity contribution in [2.75, 3.05) is 19.0 Å². The summed E-state index contributed by atoms with van der Waals surface area (Å²) in [6.07, 6.45) is 1.60. The summed E-state index contributed by atoms with van der Waals surface area (Å²) in [7, 11) is 1.32. The van der Waals surface area contributed by atoms with Gasteiger partial charge in [-0.25, -0.2) is 9.48 Å². The highest BCUT2D eigenvalue weighted by Gasteiger charge is 2.24. The Morgan fingerprint density at radius 2 is 2.38 bits per heavy atom. The van der Waals surface area contributed by atoms with Gasteiger partial charge in [-0.1, -0.05) is 27.2 Å². The van der Waals surface area contributed by atoms with E-state index in [4.69, 9.17) is 9.84 Å². The molecule has 0 fully saturated rings.